The second-order valence-electron chi connectivity index (χ2n) is 8.04. The first-order chi connectivity index (χ1) is 15.5. The molecule has 0 unspecified atom stereocenters. The maximum Gasteiger partial charge on any atom is 0.237 e. The number of carbonyl (C=O) groups excluding carboxylic acids is 2. The molecule has 0 saturated carbocycles. The number of nitrogens with one attached hydrogen (secondary N) is 1. The van der Waals surface area contributed by atoms with Crippen LogP contribution in [0.3, 0.4) is 0 Å². The number of para-hydroxylation sites is 1. The van der Waals surface area contributed by atoms with Crippen molar-refractivity contribution < 1.29 is 9.59 Å². The van der Waals surface area contributed by atoms with Gasteiger partial charge in [0, 0.05) is 19.5 Å². The van der Waals surface area contributed by atoms with Gasteiger partial charge in [0.2, 0.25) is 11.8 Å². The summed E-state index contributed by atoms with van der Waals surface area (Å²) >= 11 is 1.52. The van der Waals surface area contributed by atoms with Crippen molar-refractivity contribution in [2.45, 2.75) is 37.6 Å². The Morgan fingerprint density at radius 3 is 2.53 bits per heavy atom. The summed E-state index contributed by atoms with van der Waals surface area (Å²) in [6, 6.07) is 20.1. The van der Waals surface area contributed by atoms with Gasteiger partial charge in [0.15, 0.2) is 0 Å². The number of rotatable bonds is 8. The van der Waals surface area contributed by atoms with E-state index in [0.717, 1.165) is 22.1 Å². The zero-order chi connectivity index (χ0) is 22.5. The van der Waals surface area contributed by atoms with E-state index in [4.69, 9.17) is 5.10 Å². The van der Waals surface area contributed by atoms with Crippen molar-refractivity contribution >= 4 is 29.3 Å². The van der Waals surface area contributed by atoms with Crippen LogP contribution in [-0.2, 0) is 9.59 Å². The van der Waals surface area contributed by atoms with Gasteiger partial charge in [-0.1, -0.05) is 67.2 Å². The van der Waals surface area contributed by atoms with Crippen molar-refractivity contribution in [1.29, 1.82) is 0 Å². The highest BCUT2D eigenvalue weighted by Crippen LogP contribution is 2.39. The summed E-state index contributed by atoms with van der Waals surface area (Å²) in [6.45, 7) is 5.15. The van der Waals surface area contributed by atoms with Gasteiger partial charge in [-0.25, -0.2) is 4.68 Å². The average molecular weight is 449 g/mol. The number of benzene rings is 2. The fourth-order valence-corrected chi connectivity index (χ4v) is 4.98. The van der Waals surface area contributed by atoms with Gasteiger partial charge in [-0.2, -0.15) is 5.10 Å². The molecular formula is C25H28N4O2S. The van der Waals surface area contributed by atoms with Crippen molar-refractivity contribution in [2.24, 2.45) is 0 Å². The van der Waals surface area contributed by atoms with Gasteiger partial charge in [-0.3, -0.25) is 9.59 Å². The molecule has 1 atom stereocenters. The van der Waals surface area contributed by atoms with Crippen LogP contribution in [0.1, 0.15) is 36.9 Å². The summed E-state index contributed by atoms with van der Waals surface area (Å²) in [6.07, 6.45) is 0.997. The molecule has 3 aromatic rings. The molecule has 0 saturated heterocycles. The smallest absolute Gasteiger partial charge is 0.237 e. The molecule has 32 heavy (non-hydrogen) atoms. The molecule has 0 spiro atoms. The van der Waals surface area contributed by atoms with Gasteiger partial charge in [-0.15, -0.1) is 0 Å². The van der Waals surface area contributed by atoms with E-state index in [-0.39, 0.29) is 17.7 Å². The number of aromatic nitrogens is 2. The van der Waals surface area contributed by atoms with Crippen LogP contribution in [0, 0.1) is 6.92 Å². The Morgan fingerprint density at radius 1 is 1.12 bits per heavy atom. The largest absolute Gasteiger partial charge is 0.356 e. The minimum Gasteiger partial charge on any atom is -0.356 e. The van der Waals surface area contributed by atoms with Crippen LogP contribution in [-0.4, -0.2) is 40.4 Å². The highest BCUT2D eigenvalue weighted by Gasteiger charge is 2.31. The van der Waals surface area contributed by atoms with E-state index in [1.807, 2.05) is 60.1 Å². The molecule has 0 fully saturated rings. The number of nitrogens with zero attached hydrogens (tertiary/aromatic N) is 3. The molecule has 2 amide bonds. The van der Waals surface area contributed by atoms with Crippen molar-refractivity contribution in [3.8, 4) is 5.69 Å². The van der Waals surface area contributed by atoms with Crippen LogP contribution in [0.15, 0.2) is 65.7 Å². The number of anilines is 1. The van der Waals surface area contributed by atoms with E-state index >= 15 is 0 Å². The molecule has 166 valence electrons. The predicted molar refractivity (Wildman–Crippen MR) is 128 cm³/mol. The van der Waals surface area contributed by atoms with Crippen molar-refractivity contribution in [1.82, 2.24) is 15.1 Å². The normalized spacial score (nSPS) is 14.2. The lowest BCUT2D eigenvalue weighted by Crippen LogP contribution is -2.37. The SMILES string of the molecule is Cc1nn(-c2ccccc2)c2c1N(CCCC(=O)NC[C@H](C)c1ccccc1)C(=O)CS2. The first-order valence-electron chi connectivity index (χ1n) is 10.9. The summed E-state index contributed by atoms with van der Waals surface area (Å²) in [5.74, 6) is 0.723. The molecule has 7 heteroatoms. The van der Waals surface area contributed by atoms with Gasteiger partial charge in [0.1, 0.15) is 5.03 Å². The predicted octanol–water partition coefficient (Wildman–Crippen LogP) is 4.32. The fraction of sp³-hybridized carbons (Fsp3) is 0.320. The second kappa shape index (κ2) is 10.0. The molecule has 2 aromatic carbocycles. The van der Waals surface area contributed by atoms with Crippen LogP contribution in [0.5, 0.6) is 0 Å². The number of hydrogen-bond acceptors (Lipinski definition) is 4. The molecule has 6 nitrogen and oxygen atoms in total. The van der Waals surface area contributed by atoms with Crippen LogP contribution in [0.2, 0.25) is 0 Å². The topological polar surface area (TPSA) is 67.2 Å². The molecule has 2 heterocycles. The average Bonchev–Trinajstić information content (AvgIpc) is 3.16. The molecule has 0 bridgehead atoms. The van der Waals surface area contributed by atoms with Gasteiger partial charge in [0.05, 0.1) is 22.8 Å². The summed E-state index contributed by atoms with van der Waals surface area (Å²) in [4.78, 5) is 26.8. The van der Waals surface area contributed by atoms with Gasteiger partial charge < -0.3 is 10.2 Å². The Bertz CT molecular complexity index is 1080. The third-order valence-corrected chi connectivity index (χ3v) is 6.68. The van der Waals surface area contributed by atoms with Gasteiger partial charge in [-0.05, 0) is 37.0 Å². The second-order valence-corrected chi connectivity index (χ2v) is 9.00. The zero-order valence-corrected chi connectivity index (χ0v) is 19.3. The van der Waals surface area contributed by atoms with Crippen LogP contribution >= 0.6 is 11.8 Å². The van der Waals surface area contributed by atoms with Crippen molar-refractivity contribution in [2.75, 3.05) is 23.7 Å². The number of fused-ring (bicyclic) bond motifs is 1. The van der Waals surface area contributed by atoms with E-state index in [9.17, 15) is 9.59 Å². The van der Waals surface area contributed by atoms with E-state index in [1.165, 1.54) is 17.3 Å². The summed E-state index contributed by atoms with van der Waals surface area (Å²) in [5, 5.41) is 8.69. The molecule has 1 aliphatic heterocycles. The van der Waals surface area contributed by atoms with E-state index in [0.29, 0.717) is 31.7 Å². The standard InChI is InChI=1S/C25H28N4O2S/c1-18(20-10-5-3-6-11-20)16-26-22(30)14-9-15-28-23(31)17-32-25-24(28)19(2)27-29(25)21-12-7-4-8-13-21/h3-8,10-13,18H,9,14-17H2,1-2H3,(H,26,30)/t18-/m0/s1. The third kappa shape index (κ3) is 4.88. The Morgan fingerprint density at radius 2 is 1.81 bits per heavy atom. The first kappa shape index (κ1) is 22.1. The first-order valence-corrected chi connectivity index (χ1v) is 11.9. The Hall–Kier alpha value is -3.06. The summed E-state index contributed by atoms with van der Waals surface area (Å²) in [5.41, 5.74) is 3.88. The zero-order valence-electron chi connectivity index (χ0n) is 18.5. The molecule has 4 rings (SSSR count). The quantitative estimate of drug-likeness (QED) is 0.557. The highest BCUT2D eigenvalue weighted by molar-refractivity contribution is 8.00. The van der Waals surface area contributed by atoms with Crippen LogP contribution in [0.4, 0.5) is 5.69 Å². The number of amides is 2. The van der Waals surface area contributed by atoms with Gasteiger partial charge >= 0.3 is 0 Å². The molecular weight excluding hydrogens is 420 g/mol. The van der Waals surface area contributed by atoms with E-state index in [1.54, 1.807) is 4.90 Å². The monoisotopic (exact) mass is 448 g/mol. The van der Waals surface area contributed by atoms with Crippen molar-refractivity contribution in [3.63, 3.8) is 0 Å². The minimum absolute atomic E-state index is 0.0172. The number of thioether (sulfide) groups is 1. The van der Waals surface area contributed by atoms with Crippen LogP contribution < -0.4 is 10.2 Å². The number of carbonyl (C=O) groups is 2. The fourth-order valence-electron chi connectivity index (χ4n) is 3.90. The maximum absolute atomic E-state index is 12.7. The number of aryl methyl sites for hydroxylation is 1. The Labute approximate surface area is 193 Å². The molecule has 1 aliphatic rings. The highest BCUT2D eigenvalue weighted by atomic mass is 32.2. The lowest BCUT2D eigenvalue weighted by atomic mass is 10.0. The molecule has 1 aromatic heterocycles. The third-order valence-electron chi connectivity index (χ3n) is 5.65. The number of hydrogen-bond donors (Lipinski definition) is 1. The summed E-state index contributed by atoms with van der Waals surface area (Å²) in [7, 11) is 0. The van der Waals surface area contributed by atoms with E-state index in [2.05, 4.69) is 24.4 Å². The molecule has 0 aliphatic carbocycles. The van der Waals surface area contributed by atoms with E-state index < -0.39 is 0 Å². The molecule has 0 radical (unpaired) electrons. The maximum atomic E-state index is 12.7. The Kier molecular flexibility index (Phi) is 6.95. The minimum atomic E-state index is 0.0172. The van der Waals surface area contributed by atoms with Gasteiger partial charge in [0.25, 0.3) is 0 Å². The lowest BCUT2D eigenvalue weighted by Gasteiger charge is -2.27. The van der Waals surface area contributed by atoms with Crippen molar-refractivity contribution in [3.05, 3.63) is 71.9 Å². The molecule has 1 N–H and O–H groups in total. The summed E-state index contributed by atoms with van der Waals surface area (Å²) < 4.78 is 1.91. The van der Waals surface area contributed by atoms with Crippen LogP contribution in [0.25, 0.3) is 5.69 Å². The Balaban J connectivity index is 1.36. The lowest BCUT2D eigenvalue weighted by molar-refractivity contribution is -0.121.